The van der Waals surface area contributed by atoms with Crippen LogP contribution in [-0.4, -0.2) is 34.3 Å². The smallest absolute Gasteiger partial charge is 0.423 e. The minimum Gasteiger partial charge on any atom is -0.423 e. The number of fused-ring (bicyclic) bond motifs is 3. The Balaban J connectivity index is 1.96. The summed E-state index contributed by atoms with van der Waals surface area (Å²) in [6.45, 7) is 0. The molecular formula is C25H20B2O4. The monoisotopic (exact) mass is 406 g/mol. The molecule has 0 spiro atoms. The van der Waals surface area contributed by atoms with E-state index < -0.39 is 19.7 Å². The van der Waals surface area contributed by atoms with Crippen LogP contribution in [0.1, 0.15) is 22.3 Å². The summed E-state index contributed by atoms with van der Waals surface area (Å²) in [5.74, 6) is 0. The molecule has 4 aromatic carbocycles. The van der Waals surface area contributed by atoms with E-state index in [0.717, 1.165) is 33.4 Å². The van der Waals surface area contributed by atoms with E-state index in [0.29, 0.717) is 10.9 Å². The second-order valence-corrected chi connectivity index (χ2v) is 7.84. The number of rotatable bonds is 4. The van der Waals surface area contributed by atoms with Crippen molar-refractivity contribution in [2.75, 3.05) is 0 Å². The minimum atomic E-state index is -1.59. The van der Waals surface area contributed by atoms with Gasteiger partial charge in [0.15, 0.2) is 0 Å². The van der Waals surface area contributed by atoms with Crippen molar-refractivity contribution in [1.82, 2.24) is 0 Å². The maximum Gasteiger partial charge on any atom is 0.488 e. The van der Waals surface area contributed by atoms with Gasteiger partial charge in [0, 0.05) is 0 Å². The first-order chi connectivity index (χ1) is 15.0. The summed E-state index contributed by atoms with van der Waals surface area (Å²) in [5, 5.41) is 39.6. The van der Waals surface area contributed by atoms with Crippen LogP contribution < -0.4 is 10.9 Å². The van der Waals surface area contributed by atoms with Gasteiger partial charge in [-0.25, -0.2) is 0 Å². The zero-order valence-electron chi connectivity index (χ0n) is 16.7. The summed E-state index contributed by atoms with van der Waals surface area (Å²) < 4.78 is 0. The fourth-order valence-electron chi connectivity index (χ4n) is 4.85. The van der Waals surface area contributed by atoms with E-state index in [9.17, 15) is 20.1 Å². The summed E-state index contributed by atoms with van der Waals surface area (Å²) >= 11 is 0. The van der Waals surface area contributed by atoms with E-state index >= 15 is 0 Å². The van der Waals surface area contributed by atoms with Gasteiger partial charge >= 0.3 is 14.2 Å². The summed E-state index contributed by atoms with van der Waals surface area (Å²) in [6, 6.07) is 31.0. The standard InChI is InChI=1S/C25H20B2O4/c28-26(29)19-11-13-21-22-14-12-20(27(30)31)16-24(22)25(23(21)15-19,17-7-3-1-4-8-17)18-9-5-2-6-10-18/h1-16,28-31H. The summed E-state index contributed by atoms with van der Waals surface area (Å²) in [4.78, 5) is 0. The fourth-order valence-corrected chi connectivity index (χ4v) is 4.85. The molecule has 0 aliphatic heterocycles. The van der Waals surface area contributed by atoms with Crippen molar-refractivity contribution in [1.29, 1.82) is 0 Å². The third-order valence-electron chi connectivity index (χ3n) is 6.20. The number of hydrogen-bond acceptors (Lipinski definition) is 4. The lowest BCUT2D eigenvalue weighted by Gasteiger charge is -2.34. The molecule has 4 nitrogen and oxygen atoms in total. The highest BCUT2D eigenvalue weighted by Gasteiger charge is 2.46. The Bertz CT molecular complexity index is 1140. The highest BCUT2D eigenvalue weighted by atomic mass is 16.4. The Morgan fingerprint density at radius 2 is 0.871 bits per heavy atom. The molecule has 6 heteroatoms. The molecule has 0 saturated carbocycles. The molecule has 4 aromatic rings. The molecule has 0 aromatic heterocycles. The van der Waals surface area contributed by atoms with Crippen molar-refractivity contribution < 1.29 is 20.1 Å². The molecule has 1 aliphatic rings. The molecular weight excluding hydrogens is 386 g/mol. The molecule has 0 atom stereocenters. The van der Waals surface area contributed by atoms with Crippen LogP contribution in [0.4, 0.5) is 0 Å². The molecule has 150 valence electrons. The van der Waals surface area contributed by atoms with Crippen LogP contribution in [0.2, 0.25) is 0 Å². The molecule has 5 rings (SSSR count). The quantitative estimate of drug-likeness (QED) is 0.341. The van der Waals surface area contributed by atoms with Crippen molar-refractivity contribution in [3.8, 4) is 11.1 Å². The van der Waals surface area contributed by atoms with Gasteiger partial charge in [-0.05, 0) is 44.3 Å². The minimum absolute atomic E-state index is 0.408. The molecule has 4 N–H and O–H groups in total. The van der Waals surface area contributed by atoms with Crippen LogP contribution in [0.25, 0.3) is 11.1 Å². The number of hydrogen-bond donors (Lipinski definition) is 4. The van der Waals surface area contributed by atoms with Gasteiger partial charge in [-0.3, -0.25) is 0 Å². The maximum absolute atomic E-state index is 9.89. The first kappa shape index (κ1) is 19.8. The summed E-state index contributed by atoms with van der Waals surface area (Å²) in [5.41, 5.74) is 5.90. The Morgan fingerprint density at radius 3 is 1.23 bits per heavy atom. The van der Waals surface area contributed by atoms with E-state index in [1.165, 1.54) is 0 Å². The van der Waals surface area contributed by atoms with Crippen molar-refractivity contribution in [2.24, 2.45) is 0 Å². The Labute approximate surface area is 181 Å². The molecule has 0 fully saturated rings. The van der Waals surface area contributed by atoms with Gasteiger partial charge < -0.3 is 20.1 Å². The third-order valence-corrected chi connectivity index (χ3v) is 6.20. The molecule has 0 amide bonds. The van der Waals surface area contributed by atoms with Crippen LogP contribution in [0, 0.1) is 0 Å². The normalized spacial score (nSPS) is 13.4. The molecule has 0 radical (unpaired) electrons. The van der Waals surface area contributed by atoms with E-state index in [4.69, 9.17) is 0 Å². The lowest BCUT2D eigenvalue weighted by atomic mass is 9.65. The zero-order chi connectivity index (χ0) is 21.6. The Morgan fingerprint density at radius 1 is 0.484 bits per heavy atom. The Hall–Kier alpha value is -3.15. The van der Waals surface area contributed by atoms with Crippen LogP contribution >= 0.6 is 0 Å². The van der Waals surface area contributed by atoms with Gasteiger partial charge in [0.2, 0.25) is 0 Å². The van der Waals surface area contributed by atoms with Crippen molar-refractivity contribution in [3.63, 3.8) is 0 Å². The second kappa shape index (κ2) is 7.52. The molecule has 0 bridgehead atoms. The van der Waals surface area contributed by atoms with Gasteiger partial charge in [-0.15, -0.1) is 0 Å². The predicted octanol–water partition coefficient (Wildman–Crippen LogP) is 1.41. The fraction of sp³-hybridized carbons (Fsp3) is 0.0400. The van der Waals surface area contributed by atoms with Crippen molar-refractivity contribution in [2.45, 2.75) is 5.41 Å². The highest BCUT2D eigenvalue weighted by Crippen LogP contribution is 2.55. The largest absolute Gasteiger partial charge is 0.488 e. The van der Waals surface area contributed by atoms with Gasteiger partial charge in [-0.1, -0.05) is 97.1 Å². The lowest BCUT2D eigenvalue weighted by Crippen LogP contribution is -2.35. The average molecular weight is 406 g/mol. The van der Waals surface area contributed by atoms with Crippen molar-refractivity contribution >= 4 is 25.2 Å². The van der Waals surface area contributed by atoms with E-state index in [2.05, 4.69) is 24.3 Å². The third kappa shape index (κ3) is 2.96. The van der Waals surface area contributed by atoms with Crippen LogP contribution in [0.15, 0.2) is 97.1 Å². The molecule has 0 saturated heterocycles. The SMILES string of the molecule is OB(O)c1ccc2c(c1)C(c1ccccc1)(c1ccccc1)c1cc(B(O)O)ccc1-2. The van der Waals surface area contributed by atoms with Gasteiger partial charge in [0.25, 0.3) is 0 Å². The Kier molecular flexibility index (Phi) is 4.80. The first-order valence-corrected chi connectivity index (χ1v) is 10.2. The van der Waals surface area contributed by atoms with Gasteiger partial charge in [0.05, 0.1) is 5.41 Å². The summed E-state index contributed by atoms with van der Waals surface area (Å²) in [6.07, 6.45) is 0. The van der Waals surface area contributed by atoms with Crippen molar-refractivity contribution in [3.05, 3.63) is 119 Å². The summed E-state index contributed by atoms with van der Waals surface area (Å²) in [7, 11) is -3.18. The zero-order valence-corrected chi connectivity index (χ0v) is 16.7. The first-order valence-electron chi connectivity index (χ1n) is 10.2. The lowest BCUT2D eigenvalue weighted by molar-refractivity contribution is 0.424. The van der Waals surface area contributed by atoms with E-state index in [1.807, 2.05) is 60.7 Å². The van der Waals surface area contributed by atoms with Crippen LogP contribution in [0.3, 0.4) is 0 Å². The average Bonchev–Trinajstić information content (AvgIpc) is 3.10. The van der Waals surface area contributed by atoms with E-state index in [1.54, 1.807) is 12.1 Å². The molecule has 0 heterocycles. The van der Waals surface area contributed by atoms with Gasteiger partial charge in [-0.2, -0.15) is 0 Å². The molecule has 31 heavy (non-hydrogen) atoms. The highest BCUT2D eigenvalue weighted by molar-refractivity contribution is 6.59. The predicted molar refractivity (Wildman–Crippen MR) is 123 cm³/mol. The van der Waals surface area contributed by atoms with Crippen LogP contribution in [0.5, 0.6) is 0 Å². The molecule has 1 aliphatic carbocycles. The number of benzene rings is 4. The van der Waals surface area contributed by atoms with Gasteiger partial charge in [0.1, 0.15) is 0 Å². The topological polar surface area (TPSA) is 80.9 Å². The maximum atomic E-state index is 9.89. The second-order valence-electron chi connectivity index (χ2n) is 7.84. The van der Waals surface area contributed by atoms with E-state index in [-0.39, 0.29) is 0 Å². The van der Waals surface area contributed by atoms with Crippen LogP contribution in [-0.2, 0) is 5.41 Å². The molecule has 0 unspecified atom stereocenters.